The molecule has 6 nitrogen and oxygen atoms in total. The average Bonchev–Trinajstić information content (AvgIpc) is 2.65. The summed E-state index contributed by atoms with van der Waals surface area (Å²) < 4.78 is 20.0. The third kappa shape index (κ3) is 4.43. The van der Waals surface area contributed by atoms with Crippen LogP contribution in [0.2, 0.25) is 0 Å². The number of aryl methyl sites for hydroxylation is 2. The van der Waals surface area contributed by atoms with E-state index in [9.17, 15) is 14.0 Å². The minimum atomic E-state index is -0.901. The molecule has 0 saturated heterocycles. The first kappa shape index (κ1) is 19.3. The Labute approximate surface area is 161 Å². The zero-order chi connectivity index (χ0) is 20.3. The number of carbonyl (C=O) groups is 1. The molecule has 3 rings (SSSR count). The van der Waals surface area contributed by atoms with Gasteiger partial charge in [-0.25, -0.2) is 4.39 Å². The van der Waals surface area contributed by atoms with E-state index in [-0.39, 0.29) is 11.4 Å². The molecule has 1 amide bonds. The van der Waals surface area contributed by atoms with Crippen molar-refractivity contribution in [3.05, 3.63) is 81.9 Å². The predicted octanol–water partition coefficient (Wildman–Crippen LogP) is 3.39. The van der Waals surface area contributed by atoms with E-state index in [1.807, 2.05) is 26.0 Å². The maximum Gasteiger partial charge on any atom is 0.271 e. The monoisotopic (exact) mass is 381 g/mol. The summed E-state index contributed by atoms with van der Waals surface area (Å²) in [5, 5.41) is 6.77. The fourth-order valence-corrected chi connectivity index (χ4v) is 2.54. The number of carbonyl (C=O) groups excluding carboxylic acids is 1. The highest BCUT2D eigenvalue weighted by Gasteiger charge is 2.16. The van der Waals surface area contributed by atoms with Crippen molar-refractivity contribution in [2.24, 2.45) is 0 Å². The highest BCUT2D eigenvalue weighted by atomic mass is 19.1. The summed E-state index contributed by atoms with van der Waals surface area (Å²) in [5.74, 6) is -0.787. The van der Waals surface area contributed by atoms with Crippen molar-refractivity contribution < 1.29 is 13.9 Å². The minimum absolute atomic E-state index is 0.125. The summed E-state index contributed by atoms with van der Waals surface area (Å²) in [6, 6.07) is 13.9. The molecular formula is C21H20FN3O3. The lowest BCUT2D eigenvalue weighted by atomic mass is 10.1. The van der Waals surface area contributed by atoms with Gasteiger partial charge in [-0.15, -0.1) is 5.10 Å². The number of ether oxygens (including phenoxy) is 1. The van der Waals surface area contributed by atoms with E-state index in [2.05, 4.69) is 10.4 Å². The van der Waals surface area contributed by atoms with Gasteiger partial charge in [-0.2, -0.15) is 4.68 Å². The van der Waals surface area contributed by atoms with Gasteiger partial charge in [0.05, 0.1) is 5.69 Å². The second-order valence-corrected chi connectivity index (χ2v) is 6.45. The molecule has 28 heavy (non-hydrogen) atoms. The maximum atomic E-state index is 13.2. The van der Waals surface area contributed by atoms with E-state index < -0.39 is 17.8 Å². The topological polar surface area (TPSA) is 73.2 Å². The number of halogens is 1. The third-order valence-corrected chi connectivity index (χ3v) is 4.27. The predicted molar refractivity (Wildman–Crippen MR) is 104 cm³/mol. The molecule has 0 spiro atoms. The zero-order valence-corrected chi connectivity index (χ0v) is 15.8. The summed E-state index contributed by atoms with van der Waals surface area (Å²) in [5.41, 5.74) is 2.75. The van der Waals surface area contributed by atoms with E-state index in [0.717, 1.165) is 11.1 Å². The third-order valence-electron chi connectivity index (χ3n) is 4.27. The van der Waals surface area contributed by atoms with Crippen LogP contribution in [0.3, 0.4) is 0 Å². The molecule has 0 aliphatic rings. The molecule has 1 unspecified atom stereocenters. The SMILES string of the molecule is Cc1ccc(-n2nc(OC(C)C(=O)Nc3cccc(F)c3)ccc2=O)cc1C. The van der Waals surface area contributed by atoms with Crippen LogP contribution >= 0.6 is 0 Å². The number of benzene rings is 2. The standard InChI is InChI=1S/C21H20FN3O3/c1-13-7-8-18(11-14(13)2)25-20(26)10-9-19(24-25)28-15(3)21(27)23-17-6-4-5-16(22)12-17/h4-12,15H,1-3H3,(H,23,27). The van der Waals surface area contributed by atoms with Crippen LogP contribution in [0.5, 0.6) is 5.88 Å². The number of aromatic nitrogens is 2. The molecule has 0 radical (unpaired) electrons. The van der Waals surface area contributed by atoms with Gasteiger partial charge in [0, 0.05) is 17.8 Å². The maximum absolute atomic E-state index is 13.2. The summed E-state index contributed by atoms with van der Waals surface area (Å²) in [6.45, 7) is 5.47. The van der Waals surface area contributed by atoms with Crippen molar-refractivity contribution in [3.63, 3.8) is 0 Å². The minimum Gasteiger partial charge on any atom is -0.463 e. The molecule has 0 aliphatic carbocycles. The Bertz CT molecular complexity index is 1080. The first-order valence-electron chi connectivity index (χ1n) is 8.74. The van der Waals surface area contributed by atoms with Gasteiger partial charge in [-0.1, -0.05) is 12.1 Å². The van der Waals surface area contributed by atoms with Crippen LogP contribution in [-0.4, -0.2) is 21.8 Å². The zero-order valence-electron chi connectivity index (χ0n) is 15.8. The lowest BCUT2D eigenvalue weighted by Crippen LogP contribution is -2.31. The van der Waals surface area contributed by atoms with Gasteiger partial charge in [0.15, 0.2) is 6.10 Å². The van der Waals surface area contributed by atoms with Gasteiger partial charge in [0.25, 0.3) is 11.5 Å². The number of nitrogens with zero attached hydrogens (tertiary/aromatic N) is 2. The van der Waals surface area contributed by atoms with E-state index >= 15 is 0 Å². The van der Waals surface area contributed by atoms with E-state index in [1.54, 1.807) is 19.1 Å². The molecular weight excluding hydrogens is 361 g/mol. The van der Waals surface area contributed by atoms with Crippen LogP contribution in [0.25, 0.3) is 5.69 Å². The summed E-state index contributed by atoms with van der Waals surface area (Å²) in [7, 11) is 0. The first-order valence-corrected chi connectivity index (χ1v) is 8.74. The highest BCUT2D eigenvalue weighted by Crippen LogP contribution is 2.15. The molecule has 0 aliphatic heterocycles. The van der Waals surface area contributed by atoms with Gasteiger partial charge >= 0.3 is 0 Å². The highest BCUT2D eigenvalue weighted by molar-refractivity contribution is 5.94. The number of rotatable bonds is 5. The van der Waals surface area contributed by atoms with Gasteiger partial charge in [-0.3, -0.25) is 9.59 Å². The molecule has 144 valence electrons. The van der Waals surface area contributed by atoms with Gasteiger partial charge in [-0.05, 0) is 62.2 Å². The van der Waals surface area contributed by atoms with Crippen molar-refractivity contribution in [2.75, 3.05) is 5.32 Å². The Morgan fingerprint density at radius 2 is 1.89 bits per heavy atom. The number of nitrogens with one attached hydrogen (secondary N) is 1. The molecule has 3 aromatic rings. The van der Waals surface area contributed by atoms with Crippen LogP contribution < -0.4 is 15.6 Å². The van der Waals surface area contributed by atoms with Crippen LogP contribution in [-0.2, 0) is 4.79 Å². The van der Waals surface area contributed by atoms with Crippen LogP contribution in [0, 0.1) is 19.7 Å². The summed E-state index contributed by atoms with van der Waals surface area (Å²) in [4.78, 5) is 24.5. The van der Waals surface area contributed by atoms with Crippen LogP contribution in [0.15, 0.2) is 59.4 Å². The van der Waals surface area contributed by atoms with E-state index in [4.69, 9.17) is 4.74 Å². The second-order valence-electron chi connectivity index (χ2n) is 6.45. The second kappa shape index (κ2) is 8.04. The molecule has 0 bridgehead atoms. The molecule has 1 aromatic heterocycles. The number of hydrogen-bond donors (Lipinski definition) is 1. The molecule has 2 aromatic carbocycles. The summed E-state index contributed by atoms with van der Waals surface area (Å²) in [6.07, 6.45) is -0.901. The molecule has 0 fully saturated rings. The van der Waals surface area contributed by atoms with Gasteiger partial charge in [0.2, 0.25) is 5.88 Å². The van der Waals surface area contributed by atoms with Crippen molar-refractivity contribution in [1.29, 1.82) is 0 Å². The Balaban J connectivity index is 1.77. The Morgan fingerprint density at radius 1 is 1.11 bits per heavy atom. The van der Waals surface area contributed by atoms with Gasteiger partial charge < -0.3 is 10.1 Å². The summed E-state index contributed by atoms with van der Waals surface area (Å²) >= 11 is 0. The van der Waals surface area contributed by atoms with Crippen LogP contribution in [0.4, 0.5) is 10.1 Å². The van der Waals surface area contributed by atoms with E-state index in [0.29, 0.717) is 11.4 Å². The van der Waals surface area contributed by atoms with Gasteiger partial charge in [0.1, 0.15) is 5.82 Å². The molecule has 1 atom stereocenters. The first-order chi connectivity index (χ1) is 13.3. The van der Waals surface area contributed by atoms with Crippen molar-refractivity contribution in [3.8, 4) is 11.6 Å². The van der Waals surface area contributed by atoms with Crippen LogP contribution in [0.1, 0.15) is 18.1 Å². The quantitative estimate of drug-likeness (QED) is 0.735. The van der Waals surface area contributed by atoms with Crippen molar-refractivity contribution in [1.82, 2.24) is 9.78 Å². The van der Waals surface area contributed by atoms with Crippen molar-refractivity contribution in [2.45, 2.75) is 26.9 Å². The number of anilines is 1. The van der Waals surface area contributed by atoms with E-state index in [1.165, 1.54) is 35.0 Å². The molecule has 1 heterocycles. The fourth-order valence-electron chi connectivity index (χ4n) is 2.54. The number of hydrogen-bond acceptors (Lipinski definition) is 4. The largest absolute Gasteiger partial charge is 0.463 e. The Hall–Kier alpha value is -3.48. The van der Waals surface area contributed by atoms with Crippen molar-refractivity contribution >= 4 is 11.6 Å². The smallest absolute Gasteiger partial charge is 0.271 e. The lowest BCUT2D eigenvalue weighted by molar-refractivity contribution is -0.122. The molecule has 1 N–H and O–H groups in total. The Morgan fingerprint density at radius 3 is 2.61 bits per heavy atom. The normalized spacial score (nSPS) is 11.7. The molecule has 7 heteroatoms. The Kier molecular flexibility index (Phi) is 5.54. The molecule has 0 saturated carbocycles. The average molecular weight is 381 g/mol. The number of amides is 1. The fraction of sp³-hybridized carbons (Fsp3) is 0.190. The lowest BCUT2D eigenvalue weighted by Gasteiger charge is -2.15.